The lowest BCUT2D eigenvalue weighted by molar-refractivity contribution is 1.07. The summed E-state index contributed by atoms with van der Waals surface area (Å²) in [5.41, 5.74) is 9.62. The second kappa shape index (κ2) is 15.5. The number of nitrogens with zero attached hydrogens (tertiary/aromatic N) is 8. The van der Waals surface area contributed by atoms with Crippen molar-refractivity contribution in [1.82, 2.24) is 39.9 Å². The molecule has 0 amide bonds. The van der Waals surface area contributed by atoms with E-state index in [1.165, 1.54) is 0 Å². The van der Waals surface area contributed by atoms with E-state index in [4.69, 9.17) is 29.9 Å². The van der Waals surface area contributed by atoms with Gasteiger partial charge >= 0.3 is 0 Å². The molecule has 0 aliphatic carbocycles. The van der Waals surface area contributed by atoms with E-state index in [0.29, 0.717) is 34.9 Å². The zero-order chi connectivity index (χ0) is 42.4. The first-order chi connectivity index (χ1) is 31.7. The van der Waals surface area contributed by atoms with Crippen LogP contribution in [0, 0.1) is 0 Å². The molecule has 0 spiro atoms. The highest BCUT2D eigenvalue weighted by Crippen LogP contribution is 2.48. The van der Waals surface area contributed by atoms with Gasteiger partial charge in [-0.2, -0.15) is 0 Å². The molecular weight excluding hydrogens is 785 g/mol. The molecular formula is C56H34N8. The molecule has 298 valence electrons. The van der Waals surface area contributed by atoms with Gasteiger partial charge < -0.3 is 0 Å². The van der Waals surface area contributed by atoms with Gasteiger partial charge in [0.1, 0.15) is 0 Å². The molecule has 0 fully saturated rings. The van der Waals surface area contributed by atoms with Crippen LogP contribution in [-0.2, 0) is 0 Å². The smallest absolute Gasteiger partial charge is 0.164 e. The van der Waals surface area contributed by atoms with Crippen LogP contribution >= 0.6 is 0 Å². The fourth-order valence-corrected chi connectivity index (χ4v) is 8.76. The molecule has 0 saturated carbocycles. The number of aromatic nitrogens is 8. The molecule has 8 nitrogen and oxygen atoms in total. The molecule has 8 aromatic carbocycles. The first kappa shape index (κ1) is 36.9. The standard InChI is InChI=1S/C56H34N8/c1-5-13-35(14-6-1)45-33-47(55-61-51(37-17-9-3-10-18-37)59-53(63-55)39-25-29-57-30-26-39)43-24-22-42-46(36-15-7-2-8-16-36)34-48(44-23-21-41(45)49(43)50(42)44)56-62-52(38-19-11-4-12-20-38)60-54(64-56)40-27-31-58-32-28-40/h1-34H. The number of benzene rings is 8. The summed E-state index contributed by atoms with van der Waals surface area (Å²) in [5, 5.41) is 6.47. The molecule has 0 N–H and O–H groups in total. The molecule has 12 rings (SSSR count). The van der Waals surface area contributed by atoms with Crippen molar-refractivity contribution in [2.75, 3.05) is 0 Å². The Morgan fingerprint density at radius 3 is 0.812 bits per heavy atom. The van der Waals surface area contributed by atoms with Crippen molar-refractivity contribution >= 4 is 32.3 Å². The minimum atomic E-state index is 0.570. The predicted molar refractivity (Wildman–Crippen MR) is 256 cm³/mol. The van der Waals surface area contributed by atoms with E-state index >= 15 is 0 Å². The second-order valence-corrected chi connectivity index (χ2v) is 15.6. The third-order valence-corrected chi connectivity index (χ3v) is 11.8. The van der Waals surface area contributed by atoms with E-state index in [2.05, 4.69) is 107 Å². The Hall–Kier alpha value is -8.88. The van der Waals surface area contributed by atoms with Gasteiger partial charge in [-0.15, -0.1) is 0 Å². The minimum Gasteiger partial charge on any atom is -0.265 e. The molecule has 12 aromatic rings. The summed E-state index contributed by atoms with van der Waals surface area (Å²) in [5.74, 6) is 3.47. The SMILES string of the molecule is c1ccc(-c2nc(-c3ccncc3)nc(-c3cc(-c4ccccc4)c4ccc5c(-c6nc(-c7ccccc7)nc(-c7ccncc7)n6)cc(-c6ccccc6)c6ccc3c4c65)n2)cc1. The number of pyridine rings is 2. The van der Waals surface area contributed by atoms with E-state index < -0.39 is 0 Å². The van der Waals surface area contributed by atoms with E-state index in [0.717, 1.165) is 88.0 Å². The quantitative estimate of drug-likeness (QED) is 0.140. The first-order valence-electron chi connectivity index (χ1n) is 21.1. The van der Waals surface area contributed by atoms with Crippen LogP contribution < -0.4 is 0 Å². The van der Waals surface area contributed by atoms with Crippen LogP contribution in [-0.4, -0.2) is 39.9 Å². The Kier molecular flexibility index (Phi) is 8.97. The Labute approximate surface area is 368 Å². The van der Waals surface area contributed by atoms with Crippen LogP contribution in [0.15, 0.2) is 207 Å². The number of hydrogen-bond acceptors (Lipinski definition) is 8. The third-order valence-electron chi connectivity index (χ3n) is 11.8. The monoisotopic (exact) mass is 818 g/mol. The Morgan fingerprint density at radius 1 is 0.219 bits per heavy atom. The van der Waals surface area contributed by atoms with Crippen molar-refractivity contribution in [3.8, 4) is 90.6 Å². The summed E-state index contributed by atoms with van der Waals surface area (Å²) in [6, 6.07) is 62.5. The summed E-state index contributed by atoms with van der Waals surface area (Å²) >= 11 is 0. The zero-order valence-corrected chi connectivity index (χ0v) is 34.2. The van der Waals surface area contributed by atoms with Crippen molar-refractivity contribution in [1.29, 1.82) is 0 Å². The zero-order valence-electron chi connectivity index (χ0n) is 34.2. The van der Waals surface area contributed by atoms with Gasteiger partial charge in [-0.05, 0) is 91.0 Å². The molecule has 0 radical (unpaired) electrons. The largest absolute Gasteiger partial charge is 0.265 e. The summed E-state index contributed by atoms with van der Waals surface area (Å²) < 4.78 is 0. The highest BCUT2D eigenvalue weighted by Gasteiger charge is 2.24. The molecule has 0 bridgehead atoms. The molecule has 8 heteroatoms. The van der Waals surface area contributed by atoms with Crippen LogP contribution in [0.3, 0.4) is 0 Å². The molecule has 64 heavy (non-hydrogen) atoms. The van der Waals surface area contributed by atoms with Crippen molar-refractivity contribution in [3.63, 3.8) is 0 Å². The third kappa shape index (κ3) is 6.49. The van der Waals surface area contributed by atoms with Gasteiger partial charge in [0.2, 0.25) is 0 Å². The van der Waals surface area contributed by atoms with Crippen molar-refractivity contribution in [3.05, 3.63) is 207 Å². The van der Waals surface area contributed by atoms with Crippen LogP contribution in [0.5, 0.6) is 0 Å². The van der Waals surface area contributed by atoms with Gasteiger partial charge in [0.25, 0.3) is 0 Å². The predicted octanol–water partition coefficient (Wildman–Crippen LogP) is 13.1. The topological polar surface area (TPSA) is 103 Å². The summed E-state index contributed by atoms with van der Waals surface area (Å²) in [6.07, 6.45) is 7.06. The normalized spacial score (nSPS) is 11.4. The van der Waals surface area contributed by atoms with Crippen LogP contribution in [0.25, 0.3) is 123 Å². The van der Waals surface area contributed by atoms with Crippen molar-refractivity contribution in [2.24, 2.45) is 0 Å². The lowest BCUT2D eigenvalue weighted by Gasteiger charge is -2.21. The molecule has 0 aliphatic heterocycles. The average molecular weight is 819 g/mol. The maximum absolute atomic E-state index is 5.25. The summed E-state index contributed by atoms with van der Waals surface area (Å²) in [7, 11) is 0. The number of rotatable bonds is 8. The van der Waals surface area contributed by atoms with Crippen molar-refractivity contribution in [2.45, 2.75) is 0 Å². The second-order valence-electron chi connectivity index (χ2n) is 15.6. The Balaban J connectivity index is 1.21. The lowest BCUT2D eigenvalue weighted by Crippen LogP contribution is -2.02. The van der Waals surface area contributed by atoms with Gasteiger partial charge in [-0.3, -0.25) is 9.97 Å². The fraction of sp³-hybridized carbons (Fsp3) is 0. The maximum Gasteiger partial charge on any atom is 0.164 e. The minimum absolute atomic E-state index is 0.570. The highest BCUT2D eigenvalue weighted by atomic mass is 15.0. The molecule has 0 unspecified atom stereocenters. The summed E-state index contributed by atoms with van der Waals surface area (Å²) in [6.45, 7) is 0. The number of hydrogen-bond donors (Lipinski definition) is 0. The van der Waals surface area contributed by atoms with Gasteiger partial charge in [-0.25, -0.2) is 29.9 Å². The van der Waals surface area contributed by atoms with E-state index in [-0.39, 0.29) is 0 Å². The lowest BCUT2D eigenvalue weighted by atomic mass is 9.83. The van der Waals surface area contributed by atoms with Gasteiger partial charge in [0.15, 0.2) is 34.9 Å². The van der Waals surface area contributed by atoms with Crippen LogP contribution in [0.2, 0.25) is 0 Å². The molecule has 0 saturated heterocycles. The van der Waals surface area contributed by atoms with Gasteiger partial charge in [-0.1, -0.05) is 146 Å². The van der Waals surface area contributed by atoms with Crippen LogP contribution in [0.4, 0.5) is 0 Å². The molecule has 4 aromatic heterocycles. The molecule has 0 aliphatic rings. The molecule has 4 heterocycles. The average Bonchev–Trinajstić information content (AvgIpc) is 3.39. The van der Waals surface area contributed by atoms with Crippen molar-refractivity contribution < 1.29 is 0 Å². The van der Waals surface area contributed by atoms with E-state index in [1.54, 1.807) is 24.8 Å². The fourth-order valence-electron chi connectivity index (χ4n) is 8.76. The summed E-state index contributed by atoms with van der Waals surface area (Å²) in [4.78, 5) is 39.6. The van der Waals surface area contributed by atoms with E-state index in [9.17, 15) is 0 Å². The van der Waals surface area contributed by atoms with E-state index in [1.807, 2.05) is 84.9 Å². The highest BCUT2D eigenvalue weighted by molar-refractivity contribution is 6.31. The Morgan fingerprint density at radius 2 is 0.484 bits per heavy atom. The van der Waals surface area contributed by atoms with Gasteiger partial charge in [0.05, 0.1) is 0 Å². The maximum atomic E-state index is 5.25. The van der Waals surface area contributed by atoms with Gasteiger partial charge in [0, 0.05) is 58.2 Å². The first-order valence-corrected chi connectivity index (χ1v) is 21.1. The Bertz CT molecular complexity index is 3270. The molecule has 0 atom stereocenters. The van der Waals surface area contributed by atoms with Crippen LogP contribution in [0.1, 0.15) is 0 Å².